The molecule has 1 atom stereocenters. The molecule has 7 nitrogen and oxygen atoms in total. The van der Waals surface area contributed by atoms with Gasteiger partial charge >= 0.3 is 5.97 Å². The van der Waals surface area contributed by atoms with Crippen LogP contribution in [0, 0.1) is 0 Å². The Morgan fingerprint density at radius 2 is 1.45 bits per heavy atom. The molecular weight excluding hydrogens is 614 g/mol. The lowest BCUT2D eigenvalue weighted by Crippen LogP contribution is -2.36. The van der Waals surface area contributed by atoms with Gasteiger partial charge in [0.15, 0.2) is 0 Å². The maximum Gasteiger partial charge on any atom is 0.330 e. The van der Waals surface area contributed by atoms with E-state index in [0.717, 1.165) is 85.6 Å². The Morgan fingerprint density at radius 1 is 0.837 bits per heavy atom. The summed E-state index contributed by atoms with van der Waals surface area (Å²) in [5, 5.41) is 30.4. The average molecular weight is 682 g/mol. The fraction of sp³-hybridized carbons (Fsp3) is 0.619. The quantitative estimate of drug-likeness (QED) is 0.0370. The van der Waals surface area contributed by atoms with Crippen LogP contribution in [0.2, 0.25) is 0 Å². The van der Waals surface area contributed by atoms with Crippen molar-refractivity contribution in [3.8, 4) is 5.75 Å². The van der Waals surface area contributed by atoms with Crippen LogP contribution in [0.25, 0.3) is 6.08 Å². The van der Waals surface area contributed by atoms with Crippen LogP contribution in [0.3, 0.4) is 0 Å². The summed E-state index contributed by atoms with van der Waals surface area (Å²) >= 11 is 0. The Morgan fingerprint density at radius 3 is 2.08 bits per heavy atom. The number of hydrogen-bond donors (Lipinski definition) is 3. The molecule has 0 radical (unpaired) electrons. The molecule has 0 unspecified atom stereocenters. The molecule has 0 aromatic heterocycles. The smallest absolute Gasteiger partial charge is 0.330 e. The van der Waals surface area contributed by atoms with E-state index in [2.05, 4.69) is 31.2 Å². The van der Waals surface area contributed by atoms with E-state index in [1.165, 1.54) is 31.8 Å². The van der Waals surface area contributed by atoms with E-state index >= 15 is 0 Å². The first-order valence-electron chi connectivity index (χ1n) is 18.7. The summed E-state index contributed by atoms with van der Waals surface area (Å²) in [6, 6.07) is 3.77. The number of benzene rings is 1. The lowest BCUT2D eigenvalue weighted by molar-refractivity contribution is -0.141. The molecule has 0 bridgehead atoms. The zero-order valence-corrected chi connectivity index (χ0v) is 31.4. The minimum atomic E-state index is -0.509. The number of amides is 1. The van der Waals surface area contributed by atoms with Gasteiger partial charge < -0.3 is 25.0 Å². The van der Waals surface area contributed by atoms with Gasteiger partial charge in [-0.05, 0) is 108 Å². The van der Waals surface area contributed by atoms with E-state index in [9.17, 15) is 24.9 Å². The minimum absolute atomic E-state index is 0.0376. The van der Waals surface area contributed by atoms with Gasteiger partial charge in [-0.25, -0.2) is 4.79 Å². The van der Waals surface area contributed by atoms with Crippen molar-refractivity contribution in [1.29, 1.82) is 0 Å². The van der Waals surface area contributed by atoms with E-state index in [1.54, 1.807) is 11.0 Å². The predicted octanol–water partition coefficient (Wildman–Crippen LogP) is 9.19. The van der Waals surface area contributed by atoms with Crippen molar-refractivity contribution in [3.05, 3.63) is 70.3 Å². The number of carbonyl (C=O) groups is 2. The van der Waals surface area contributed by atoms with Gasteiger partial charge in [0.2, 0.25) is 5.91 Å². The van der Waals surface area contributed by atoms with Gasteiger partial charge in [0.05, 0.1) is 19.3 Å². The highest BCUT2D eigenvalue weighted by Crippen LogP contribution is 2.28. The van der Waals surface area contributed by atoms with Crippen molar-refractivity contribution in [2.45, 2.75) is 143 Å². The molecule has 0 aliphatic carbocycles. The zero-order valence-electron chi connectivity index (χ0n) is 31.4. The first-order chi connectivity index (χ1) is 23.6. The van der Waals surface area contributed by atoms with Crippen molar-refractivity contribution in [2.75, 3.05) is 26.3 Å². The van der Waals surface area contributed by atoms with Gasteiger partial charge in [0.25, 0.3) is 0 Å². The van der Waals surface area contributed by atoms with Gasteiger partial charge in [0.1, 0.15) is 12.4 Å². The molecule has 0 heterocycles. The molecule has 0 fully saturated rings. The average Bonchev–Trinajstić information content (AvgIpc) is 3.06. The standard InChI is InChI=1S/C42H67NO6/c1-6-7-8-13-16-19-39(45)20-17-14-11-9-10-12-15-18-21-40(46)43(28-30-44)29-31-49-41(47)27-24-36-32-37(25-22-34(2)3)42(48)38(33-36)26-23-35(4)5/h14,17,22-24,27,32-33,39,44-45,48H,6-13,15-16,18-21,25-26,28-31H2,1-5H3/b17-14-,27-24+/t39-/m0/s1. The number of aliphatic hydroxyl groups excluding tert-OH is 2. The molecule has 3 N–H and O–H groups in total. The first kappa shape index (κ1) is 43.9. The largest absolute Gasteiger partial charge is 0.507 e. The molecule has 49 heavy (non-hydrogen) atoms. The lowest BCUT2D eigenvalue weighted by atomic mass is 9.98. The summed E-state index contributed by atoms with van der Waals surface area (Å²) in [6.45, 7) is 10.6. The molecule has 1 rings (SSSR count). The molecule has 0 saturated heterocycles. The van der Waals surface area contributed by atoms with Gasteiger partial charge in [0, 0.05) is 19.0 Å². The Kier molecular flexibility index (Phi) is 24.7. The lowest BCUT2D eigenvalue weighted by Gasteiger charge is -2.21. The number of phenolic OH excluding ortho intramolecular Hbond substituents is 1. The highest BCUT2D eigenvalue weighted by Gasteiger charge is 2.14. The van der Waals surface area contributed by atoms with Crippen LogP contribution in [-0.4, -0.2) is 64.5 Å². The zero-order chi connectivity index (χ0) is 36.3. The number of aliphatic hydroxyl groups is 2. The summed E-state index contributed by atoms with van der Waals surface area (Å²) in [6.07, 6.45) is 26.7. The SMILES string of the molecule is CCCCCCC[C@H](O)C/C=C\CCCCCCCC(=O)N(CCO)CCOC(=O)/C=C/c1cc(CC=C(C)C)c(O)c(CC=C(C)C)c1. The number of phenols is 1. The number of nitrogens with zero attached hydrogens (tertiary/aromatic N) is 1. The summed E-state index contributed by atoms with van der Waals surface area (Å²) in [4.78, 5) is 26.8. The molecule has 0 aliphatic heterocycles. The minimum Gasteiger partial charge on any atom is -0.507 e. The monoisotopic (exact) mass is 681 g/mol. The van der Waals surface area contributed by atoms with Crippen LogP contribution in [0.5, 0.6) is 5.75 Å². The van der Waals surface area contributed by atoms with E-state index in [1.807, 2.05) is 39.8 Å². The summed E-state index contributed by atoms with van der Waals surface area (Å²) < 4.78 is 5.38. The van der Waals surface area contributed by atoms with Crippen molar-refractivity contribution < 1.29 is 29.6 Å². The first-order valence-corrected chi connectivity index (χ1v) is 18.7. The van der Waals surface area contributed by atoms with Gasteiger partial charge in [-0.2, -0.15) is 0 Å². The third-order valence-electron chi connectivity index (χ3n) is 8.47. The third kappa shape index (κ3) is 22.2. The number of carbonyl (C=O) groups excluding carboxylic acids is 2. The number of aromatic hydroxyl groups is 1. The molecule has 0 aliphatic rings. The van der Waals surface area contributed by atoms with Crippen LogP contribution >= 0.6 is 0 Å². The normalized spacial score (nSPS) is 12.0. The van der Waals surface area contributed by atoms with Crippen molar-refractivity contribution >= 4 is 18.0 Å². The van der Waals surface area contributed by atoms with E-state index < -0.39 is 5.97 Å². The molecular formula is C42H67NO6. The van der Waals surface area contributed by atoms with Crippen LogP contribution in [0.1, 0.15) is 141 Å². The Labute approximate surface area is 297 Å². The maximum atomic E-state index is 12.8. The van der Waals surface area contributed by atoms with Crippen molar-refractivity contribution in [2.24, 2.45) is 0 Å². The second-order valence-corrected chi connectivity index (χ2v) is 13.6. The second-order valence-electron chi connectivity index (χ2n) is 13.6. The summed E-state index contributed by atoms with van der Waals surface area (Å²) in [5.41, 5.74) is 4.73. The number of ether oxygens (including phenoxy) is 1. The fourth-order valence-corrected chi connectivity index (χ4v) is 5.47. The van der Waals surface area contributed by atoms with E-state index in [0.29, 0.717) is 19.3 Å². The maximum absolute atomic E-state index is 12.8. The van der Waals surface area contributed by atoms with Crippen LogP contribution in [0.4, 0.5) is 0 Å². The topological polar surface area (TPSA) is 107 Å². The Hall–Kier alpha value is -3.16. The third-order valence-corrected chi connectivity index (χ3v) is 8.47. The molecule has 0 saturated carbocycles. The van der Waals surface area contributed by atoms with Gasteiger partial charge in [-0.1, -0.05) is 93.7 Å². The number of esters is 1. The van der Waals surface area contributed by atoms with Gasteiger partial charge in [-0.3, -0.25) is 4.79 Å². The fourth-order valence-electron chi connectivity index (χ4n) is 5.47. The molecule has 1 aromatic rings. The van der Waals surface area contributed by atoms with Crippen molar-refractivity contribution in [3.63, 3.8) is 0 Å². The number of rotatable bonds is 27. The Balaban J connectivity index is 2.41. The predicted molar refractivity (Wildman–Crippen MR) is 203 cm³/mol. The number of allylic oxidation sites excluding steroid dienone is 5. The van der Waals surface area contributed by atoms with Crippen LogP contribution in [0.15, 0.2) is 53.7 Å². The van der Waals surface area contributed by atoms with Crippen LogP contribution in [-0.2, 0) is 27.2 Å². The number of unbranched alkanes of at least 4 members (excludes halogenated alkanes) is 9. The summed E-state index contributed by atoms with van der Waals surface area (Å²) in [7, 11) is 0. The molecule has 0 spiro atoms. The highest BCUT2D eigenvalue weighted by atomic mass is 16.5. The van der Waals surface area contributed by atoms with E-state index in [4.69, 9.17) is 4.74 Å². The molecule has 7 heteroatoms. The molecule has 276 valence electrons. The summed E-state index contributed by atoms with van der Waals surface area (Å²) in [5.74, 6) is -0.267. The second kappa shape index (κ2) is 27.6. The van der Waals surface area contributed by atoms with Crippen molar-refractivity contribution in [1.82, 2.24) is 4.90 Å². The van der Waals surface area contributed by atoms with E-state index in [-0.39, 0.29) is 44.1 Å². The highest BCUT2D eigenvalue weighted by molar-refractivity contribution is 5.87. The van der Waals surface area contributed by atoms with Crippen LogP contribution < -0.4 is 0 Å². The molecule has 1 amide bonds. The number of hydrogen-bond acceptors (Lipinski definition) is 6. The molecule has 1 aromatic carbocycles. The van der Waals surface area contributed by atoms with Gasteiger partial charge in [-0.15, -0.1) is 0 Å². The Bertz CT molecular complexity index is 1150.